The molecule has 3 aromatic carbocycles. The van der Waals surface area contributed by atoms with Gasteiger partial charge in [0.2, 0.25) is 11.7 Å². The monoisotopic (exact) mass is 458 g/mol. The van der Waals surface area contributed by atoms with Gasteiger partial charge in [0, 0.05) is 29.7 Å². The zero-order valence-corrected chi connectivity index (χ0v) is 19.2. The van der Waals surface area contributed by atoms with Gasteiger partial charge in [0.25, 0.3) is 0 Å². The fraction of sp³-hybridized carbons (Fsp3) is 0.154. The highest BCUT2D eigenvalue weighted by molar-refractivity contribution is 5.67. The molecule has 0 spiro atoms. The first-order valence-corrected chi connectivity index (χ1v) is 10.6. The van der Waals surface area contributed by atoms with Crippen molar-refractivity contribution in [2.75, 3.05) is 32.0 Å². The fourth-order valence-corrected chi connectivity index (χ4v) is 3.29. The van der Waals surface area contributed by atoms with Crippen LogP contribution in [0.1, 0.15) is 5.56 Å². The number of ether oxygens (including phenoxy) is 4. The van der Waals surface area contributed by atoms with Crippen LogP contribution in [0.2, 0.25) is 0 Å². The average molecular weight is 459 g/mol. The maximum absolute atomic E-state index is 5.84. The molecule has 34 heavy (non-hydrogen) atoms. The van der Waals surface area contributed by atoms with Crippen molar-refractivity contribution in [1.82, 2.24) is 9.97 Å². The number of benzene rings is 3. The number of hydrogen-bond donors (Lipinski definition) is 2. The van der Waals surface area contributed by atoms with Crippen LogP contribution in [0.25, 0.3) is 0 Å². The molecule has 1 aromatic heterocycles. The van der Waals surface area contributed by atoms with E-state index in [1.54, 1.807) is 33.6 Å². The molecular formula is C26H26N4O4. The number of anilines is 4. The summed E-state index contributed by atoms with van der Waals surface area (Å²) in [5.74, 6) is 3.47. The summed E-state index contributed by atoms with van der Waals surface area (Å²) in [6, 6.07) is 23.1. The van der Waals surface area contributed by atoms with Crippen LogP contribution in [-0.2, 0) is 6.61 Å². The van der Waals surface area contributed by atoms with E-state index in [0.717, 1.165) is 22.7 Å². The Morgan fingerprint density at radius 2 is 1.44 bits per heavy atom. The van der Waals surface area contributed by atoms with Crippen LogP contribution in [0.15, 0.2) is 79.0 Å². The maximum atomic E-state index is 5.84. The minimum atomic E-state index is 0.454. The second kappa shape index (κ2) is 10.9. The molecule has 0 amide bonds. The van der Waals surface area contributed by atoms with E-state index in [1.165, 1.54) is 0 Å². The molecule has 0 unspecified atom stereocenters. The van der Waals surface area contributed by atoms with Crippen molar-refractivity contribution in [3.8, 4) is 23.0 Å². The van der Waals surface area contributed by atoms with Crippen LogP contribution in [0, 0.1) is 0 Å². The molecule has 0 saturated carbocycles. The largest absolute Gasteiger partial charge is 0.493 e. The number of hydrogen-bond acceptors (Lipinski definition) is 8. The molecule has 0 fully saturated rings. The Labute approximate surface area is 198 Å². The van der Waals surface area contributed by atoms with E-state index >= 15 is 0 Å². The predicted molar refractivity (Wildman–Crippen MR) is 132 cm³/mol. The van der Waals surface area contributed by atoms with Crippen LogP contribution in [0.5, 0.6) is 23.0 Å². The van der Waals surface area contributed by atoms with E-state index < -0.39 is 0 Å². The van der Waals surface area contributed by atoms with E-state index in [-0.39, 0.29) is 0 Å². The third-order valence-corrected chi connectivity index (χ3v) is 4.95. The van der Waals surface area contributed by atoms with Gasteiger partial charge in [0.15, 0.2) is 11.5 Å². The molecular weight excluding hydrogens is 432 g/mol. The number of aromatic nitrogens is 2. The summed E-state index contributed by atoms with van der Waals surface area (Å²) in [4.78, 5) is 8.84. The lowest BCUT2D eigenvalue weighted by Crippen LogP contribution is -2.02. The molecule has 0 saturated heterocycles. The van der Waals surface area contributed by atoms with Crippen molar-refractivity contribution < 1.29 is 18.9 Å². The van der Waals surface area contributed by atoms with Crippen molar-refractivity contribution in [1.29, 1.82) is 0 Å². The second-order valence-electron chi connectivity index (χ2n) is 7.23. The van der Waals surface area contributed by atoms with Gasteiger partial charge in [-0.1, -0.05) is 30.3 Å². The first kappa shape index (κ1) is 22.7. The highest BCUT2D eigenvalue weighted by atomic mass is 16.5. The first-order valence-electron chi connectivity index (χ1n) is 10.6. The highest BCUT2D eigenvalue weighted by Crippen LogP contribution is 2.40. The lowest BCUT2D eigenvalue weighted by molar-refractivity contribution is 0.306. The van der Waals surface area contributed by atoms with Crippen LogP contribution < -0.4 is 29.6 Å². The molecule has 4 aromatic rings. The summed E-state index contributed by atoms with van der Waals surface area (Å²) in [7, 11) is 4.72. The SMILES string of the molecule is COc1cc(Nc2ccnc(Nc3ccc(OCc4ccccc4)cc3)n2)cc(OC)c1OC. The molecule has 0 atom stereocenters. The minimum absolute atomic E-state index is 0.454. The van der Waals surface area contributed by atoms with Crippen LogP contribution in [0.3, 0.4) is 0 Å². The summed E-state index contributed by atoms with van der Waals surface area (Å²) < 4.78 is 22.0. The Balaban J connectivity index is 1.42. The quantitative estimate of drug-likeness (QED) is 0.319. The Hall–Kier alpha value is -4.46. The summed E-state index contributed by atoms with van der Waals surface area (Å²) in [6.45, 7) is 0.519. The summed E-state index contributed by atoms with van der Waals surface area (Å²) in [5.41, 5.74) is 2.70. The standard InChI is InChI=1S/C26H26N4O4/c1-31-22-15-20(16-23(32-2)25(22)33-3)28-24-13-14-27-26(30-24)29-19-9-11-21(12-10-19)34-17-18-7-5-4-6-8-18/h4-16H,17H2,1-3H3,(H2,27,28,29,30). The van der Waals surface area contributed by atoms with Gasteiger partial charge in [0.1, 0.15) is 18.2 Å². The molecule has 174 valence electrons. The minimum Gasteiger partial charge on any atom is -0.493 e. The van der Waals surface area contributed by atoms with Gasteiger partial charge >= 0.3 is 0 Å². The normalized spacial score (nSPS) is 10.3. The van der Waals surface area contributed by atoms with Gasteiger partial charge in [-0.25, -0.2) is 4.98 Å². The molecule has 0 radical (unpaired) electrons. The Morgan fingerprint density at radius 3 is 2.09 bits per heavy atom. The summed E-state index contributed by atoms with van der Waals surface area (Å²) in [5, 5.41) is 6.45. The van der Waals surface area contributed by atoms with Gasteiger partial charge in [0.05, 0.1) is 21.3 Å². The highest BCUT2D eigenvalue weighted by Gasteiger charge is 2.13. The number of nitrogens with zero attached hydrogens (tertiary/aromatic N) is 2. The fourth-order valence-electron chi connectivity index (χ4n) is 3.29. The van der Waals surface area contributed by atoms with Gasteiger partial charge < -0.3 is 29.6 Å². The Morgan fingerprint density at radius 1 is 0.735 bits per heavy atom. The summed E-state index contributed by atoms with van der Waals surface area (Å²) >= 11 is 0. The Kier molecular flexibility index (Phi) is 7.29. The molecule has 8 nitrogen and oxygen atoms in total. The van der Waals surface area contributed by atoms with Crippen molar-refractivity contribution in [3.63, 3.8) is 0 Å². The lowest BCUT2D eigenvalue weighted by atomic mass is 10.2. The average Bonchev–Trinajstić information content (AvgIpc) is 2.88. The zero-order valence-electron chi connectivity index (χ0n) is 19.2. The van der Waals surface area contributed by atoms with Gasteiger partial charge in [-0.05, 0) is 35.9 Å². The van der Waals surface area contributed by atoms with Gasteiger partial charge in [-0.3, -0.25) is 0 Å². The molecule has 0 aliphatic heterocycles. The number of methoxy groups -OCH3 is 3. The third-order valence-electron chi connectivity index (χ3n) is 4.95. The van der Waals surface area contributed by atoms with E-state index in [1.807, 2.05) is 66.7 Å². The van der Waals surface area contributed by atoms with Crippen LogP contribution in [-0.4, -0.2) is 31.3 Å². The topological polar surface area (TPSA) is 86.8 Å². The van der Waals surface area contributed by atoms with E-state index in [4.69, 9.17) is 18.9 Å². The Bertz CT molecular complexity index is 1190. The number of nitrogens with one attached hydrogen (secondary N) is 2. The summed E-state index contributed by atoms with van der Waals surface area (Å²) in [6.07, 6.45) is 1.67. The molecule has 2 N–H and O–H groups in total. The van der Waals surface area contributed by atoms with Crippen molar-refractivity contribution in [3.05, 3.63) is 84.6 Å². The molecule has 0 bridgehead atoms. The maximum Gasteiger partial charge on any atom is 0.229 e. The van der Waals surface area contributed by atoms with Crippen molar-refractivity contribution in [2.24, 2.45) is 0 Å². The third kappa shape index (κ3) is 5.66. The van der Waals surface area contributed by atoms with Crippen LogP contribution >= 0.6 is 0 Å². The smallest absolute Gasteiger partial charge is 0.229 e. The first-order chi connectivity index (χ1) is 16.7. The van der Waals surface area contributed by atoms with Crippen LogP contribution in [0.4, 0.5) is 23.1 Å². The predicted octanol–water partition coefficient (Wildman–Crippen LogP) is 5.57. The van der Waals surface area contributed by atoms with E-state index in [9.17, 15) is 0 Å². The second-order valence-corrected chi connectivity index (χ2v) is 7.23. The van der Waals surface area contributed by atoms with Gasteiger partial charge in [-0.2, -0.15) is 4.98 Å². The zero-order chi connectivity index (χ0) is 23.8. The lowest BCUT2D eigenvalue weighted by Gasteiger charge is -2.15. The molecule has 1 heterocycles. The van der Waals surface area contributed by atoms with Crippen molar-refractivity contribution >= 4 is 23.1 Å². The van der Waals surface area contributed by atoms with Gasteiger partial charge in [-0.15, -0.1) is 0 Å². The van der Waals surface area contributed by atoms with Crippen molar-refractivity contribution in [2.45, 2.75) is 6.61 Å². The molecule has 0 aliphatic carbocycles. The molecule has 0 aliphatic rings. The van der Waals surface area contributed by atoms with E-state index in [0.29, 0.717) is 35.6 Å². The van der Waals surface area contributed by atoms with E-state index in [2.05, 4.69) is 20.6 Å². The molecule has 8 heteroatoms. The number of rotatable bonds is 10. The molecule has 4 rings (SSSR count).